The highest BCUT2D eigenvalue weighted by Crippen LogP contribution is 2.46. The number of hydrogen-bond donors (Lipinski definition) is 0. The minimum absolute atomic E-state index is 0.391. The number of carbonyl (C=O) groups is 2. The number of carbonyl (C=O) groups excluding carboxylic acids is 2. The zero-order valence-electron chi connectivity index (χ0n) is 10.1. The normalized spacial score (nSPS) is 19.7. The Morgan fingerprint density at radius 1 is 1.32 bits per heavy atom. The SMILES string of the molecule is Cc1nc2c(s1)-c1cccc3c1C(C2)C(=O)OC3=O. The lowest BCUT2D eigenvalue weighted by atomic mass is 9.80. The average molecular weight is 271 g/mol. The van der Waals surface area contributed by atoms with E-state index in [1.807, 2.05) is 19.1 Å². The molecular weight excluding hydrogens is 262 g/mol. The molecule has 94 valence electrons. The molecule has 19 heavy (non-hydrogen) atoms. The van der Waals surface area contributed by atoms with Crippen molar-refractivity contribution < 1.29 is 14.3 Å². The zero-order valence-corrected chi connectivity index (χ0v) is 10.9. The van der Waals surface area contributed by atoms with Gasteiger partial charge in [0.1, 0.15) is 0 Å². The van der Waals surface area contributed by atoms with E-state index in [2.05, 4.69) is 4.98 Å². The maximum Gasteiger partial charge on any atom is 0.346 e. The van der Waals surface area contributed by atoms with Crippen molar-refractivity contribution in [3.8, 4) is 10.4 Å². The number of ether oxygens (including phenoxy) is 1. The Balaban J connectivity index is 2.08. The smallest absolute Gasteiger partial charge is 0.346 e. The number of aryl methyl sites for hydroxylation is 1. The van der Waals surface area contributed by atoms with E-state index < -0.39 is 17.9 Å². The number of fused-ring (bicyclic) bond motifs is 2. The van der Waals surface area contributed by atoms with Crippen molar-refractivity contribution >= 4 is 23.3 Å². The molecule has 0 radical (unpaired) electrons. The molecule has 0 bridgehead atoms. The van der Waals surface area contributed by atoms with E-state index in [9.17, 15) is 9.59 Å². The molecule has 1 aliphatic heterocycles. The van der Waals surface area contributed by atoms with Gasteiger partial charge < -0.3 is 4.74 Å². The lowest BCUT2D eigenvalue weighted by Crippen LogP contribution is -2.31. The number of aromatic nitrogens is 1. The van der Waals surface area contributed by atoms with Crippen LogP contribution < -0.4 is 0 Å². The summed E-state index contributed by atoms with van der Waals surface area (Å²) >= 11 is 1.61. The minimum atomic E-state index is -0.539. The van der Waals surface area contributed by atoms with E-state index in [1.165, 1.54) is 0 Å². The molecule has 2 aliphatic rings. The summed E-state index contributed by atoms with van der Waals surface area (Å²) in [4.78, 5) is 29.3. The van der Waals surface area contributed by atoms with Crippen LogP contribution in [0.25, 0.3) is 10.4 Å². The Morgan fingerprint density at radius 2 is 2.11 bits per heavy atom. The third kappa shape index (κ3) is 1.36. The third-order valence-electron chi connectivity index (χ3n) is 3.60. The quantitative estimate of drug-likeness (QED) is 0.545. The molecule has 0 N–H and O–H groups in total. The highest BCUT2D eigenvalue weighted by Gasteiger charge is 2.40. The Morgan fingerprint density at radius 3 is 2.95 bits per heavy atom. The van der Waals surface area contributed by atoms with Crippen molar-refractivity contribution in [3.63, 3.8) is 0 Å². The van der Waals surface area contributed by atoms with Gasteiger partial charge in [0.15, 0.2) is 0 Å². The maximum absolute atomic E-state index is 11.9. The van der Waals surface area contributed by atoms with Crippen LogP contribution in [0.2, 0.25) is 0 Å². The number of benzene rings is 1. The van der Waals surface area contributed by atoms with E-state index in [4.69, 9.17) is 4.74 Å². The van der Waals surface area contributed by atoms with Crippen LogP contribution in [0.4, 0.5) is 0 Å². The van der Waals surface area contributed by atoms with E-state index in [-0.39, 0.29) is 0 Å². The van der Waals surface area contributed by atoms with Gasteiger partial charge in [0.2, 0.25) is 0 Å². The number of esters is 2. The lowest BCUT2D eigenvalue weighted by molar-refractivity contribution is -0.140. The maximum atomic E-state index is 11.9. The van der Waals surface area contributed by atoms with E-state index in [0.717, 1.165) is 26.7 Å². The van der Waals surface area contributed by atoms with Crippen molar-refractivity contribution in [1.82, 2.24) is 4.98 Å². The van der Waals surface area contributed by atoms with Gasteiger partial charge in [-0.1, -0.05) is 12.1 Å². The molecule has 5 heteroatoms. The van der Waals surface area contributed by atoms with Gasteiger partial charge in [-0.3, -0.25) is 4.79 Å². The van der Waals surface area contributed by atoms with Gasteiger partial charge in [0.25, 0.3) is 0 Å². The fourth-order valence-corrected chi connectivity index (χ4v) is 3.84. The van der Waals surface area contributed by atoms with Crippen LogP contribution in [0, 0.1) is 6.92 Å². The van der Waals surface area contributed by atoms with E-state index in [1.54, 1.807) is 17.4 Å². The Kier molecular flexibility index (Phi) is 2.01. The van der Waals surface area contributed by atoms with Crippen molar-refractivity contribution in [3.05, 3.63) is 40.0 Å². The Hall–Kier alpha value is -2.01. The van der Waals surface area contributed by atoms with Gasteiger partial charge in [-0.2, -0.15) is 0 Å². The summed E-state index contributed by atoms with van der Waals surface area (Å²) in [7, 11) is 0. The summed E-state index contributed by atoms with van der Waals surface area (Å²) in [6, 6.07) is 5.50. The van der Waals surface area contributed by atoms with E-state index in [0.29, 0.717) is 12.0 Å². The molecule has 1 atom stereocenters. The first kappa shape index (κ1) is 10.9. The zero-order chi connectivity index (χ0) is 13.1. The largest absolute Gasteiger partial charge is 0.389 e. The van der Waals surface area contributed by atoms with Gasteiger partial charge in [-0.25, -0.2) is 9.78 Å². The average Bonchev–Trinajstić information content (AvgIpc) is 2.76. The highest BCUT2D eigenvalue weighted by atomic mass is 32.1. The summed E-state index contributed by atoms with van der Waals surface area (Å²) in [5.74, 6) is -1.39. The predicted molar refractivity (Wildman–Crippen MR) is 69.2 cm³/mol. The van der Waals surface area contributed by atoms with Crippen molar-refractivity contribution in [2.45, 2.75) is 19.3 Å². The molecule has 0 saturated heterocycles. The molecular formula is C14H9NO3S. The molecule has 0 fully saturated rings. The Bertz CT molecular complexity index is 747. The van der Waals surface area contributed by atoms with E-state index >= 15 is 0 Å². The summed E-state index contributed by atoms with van der Waals surface area (Å²) in [6.45, 7) is 1.95. The number of rotatable bonds is 0. The van der Waals surface area contributed by atoms with Gasteiger partial charge in [-0.15, -0.1) is 11.3 Å². The van der Waals surface area contributed by atoms with Crippen LogP contribution in [-0.2, 0) is 16.0 Å². The molecule has 0 amide bonds. The van der Waals surface area contributed by atoms with Gasteiger partial charge in [-0.05, 0) is 24.1 Å². The predicted octanol–water partition coefficient (Wildman–Crippen LogP) is 2.46. The monoisotopic (exact) mass is 271 g/mol. The van der Waals surface area contributed by atoms with Crippen LogP contribution in [0.5, 0.6) is 0 Å². The fraction of sp³-hybridized carbons (Fsp3) is 0.214. The third-order valence-corrected chi connectivity index (χ3v) is 4.65. The van der Waals surface area contributed by atoms with Crippen molar-refractivity contribution in [2.24, 2.45) is 0 Å². The van der Waals surface area contributed by atoms with Crippen molar-refractivity contribution in [2.75, 3.05) is 0 Å². The minimum Gasteiger partial charge on any atom is -0.389 e. The van der Waals surface area contributed by atoms with Crippen LogP contribution >= 0.6 is 11.3 Å². The number of cyclic esters (lactones) is 2. The molecule has 0 spiro atoms. The number of thiazole rings is 1. The van der Waals surface area contributed by atoms with Crippen LogP contribution in [0.1, 0.15) is 32.5 Å². The second-order valence-corrected chi connectivity index (χ2v) is 5.94. The molecule has 1 aromatic heterocycles. The Labute approximate surface area is 113 Å². The second kappa shape index (κ2) is 3.51. The first-order valence-electron chi connectivity index (χ1n) is 6.01. The summed E-state index contributed by atoms with van der Waals surface area (Å²) in [6.07, 6.45) is 0.524. The second-order valence-electron chi connectivity index (χ2n) is 4.74. The van der Waals surface area contributed by atoms with Gasteiger partial charge >= 0.3 is 11.9 Å². The van der Waals surface area contributed by atoms with Crippen LogP contribution in [-0.4, -0.2) is 16.9 Å². The molecule has 0 saturated carbocycles. The molecule has 1 aromatic carbocycles. The summed E-state index contributed by atoms with van der Waals surface area (Å²) in [5.41, 5.74) is 3.22. The first-order chi connectivity index (χ1) is 9.15. The fourth-order valence-electron chi connectivity index (χ4n) is 2.85. The summed E-state index contributed by atoms with van der Waals surface area (Å²) in [5, 5.41) is 0.973. The van der Waals surface area contributed by atoms with Crippen molar-refractivity contribution in [1.29, 1.82) is 0 Å². The summed E-state index contributed by atoms with van der Waals surface area (Å²) < 4.78 is 4.82. The number of nitrogens with zero attached hydrogens (tertiary/aromatic N) is 1. The van der Waals surface area contributed by atoms with Gasteiger partial charge in [0, 0.05) is 6.42 Å². The van der Waals surface area contributed by atoms with Crippen LogP contribution in [0.3, 0.4) is 0 Å². The molecule has 2 heterocycles. The topological polar surface area (TPSA) is 56.3 Å². The number of hydrogen-bond acceptors (Lipinski definition) is 5. The van der Waals surface area contributed by atoms with Crippen LogP contribution in [0.15, 0.2) is 18.2 Å². The molecule has 2 aromatic rings. The standard InChI is InChI=1S/C14H9NO3S/c1-6-15-10-5-9-11-7(12(10)19-6)3-2-4-8(11)13(16)18-14(9)17/h2-4,9H,5H2,1H3. The molecule has 4 rings (SSSR count). The van der Waals surface area contributed by atoms with Gasteiger partial charge in [0.05, 0.1) is 27.1 Å². The lowest BCUT2D eigenvalue weighted by Gasteiger charge is -2.28. The molecule has 4 nitrogen and oxygen atoms in total. The highest BCUT2D eigenvalue weighted by molar-refractivity contribution is 7.15. The first-order valence-corrected chi connectivity index (χ1v) is 6.82. The molecule has 1 unspecified atom stereocenters. The molecule has 1 aliphatic carbocycles.